The van der Waals surface area contributed by atoms with Crippen LogP contribution in [0.4, 0.5) is 0 Å². The molecule has 1 aliphatic rings. The van der Waals surface area contributed by atoms with Gasteiger partial charge in [0.25, 0.3) is 5.91 Å². The Balaban J connectivity index is 1.89. The molecule has 1 aliphatic heterocycles. The average molecular weight is 771 g/mol. The van der Waals surface area contributed by atoms with Crippen LogP contribution in [-0.2, 0) is 35.1 Å². The first-order valence-electron chi connectivity index (χ1n) is 19.4. The van der Waals surface area contributed by atoms with Crippen molar-refractivity contribution >= 4 is 40.9 Å². The number of hydrogen-bond acceptors (Lipinski definition) is 10. The van der Waals surface area contributed by atoms with Crippen LogP contribution in [0.25, 0.3) is 0 Å². The van der Waals surface area contributed by atoms with E-state index in [0.29, 0.717) is 18.0 Å². The number of likely N-dealkylation sites (tertiary alicyclic amines) is 1. The molecule has 13 heteroatoms. The maximum atomic E-state index is 14.7. The number of Topliss-reactive ketones (excluding diaryl/α,β-unsaturated/α-hetero) is 1. The summed E-state index contributed by atoms with van der Waals surface area (Å²) in [5.74, 6) is -3.26. The van der Waals surface area contributed by atoms with E-state index in [1.807, 2.05) is 65.1 Å². The van der Waals surface area contributed by atoms with Gasteiger partial charge in [0.05, 0.1) is 18.6 Å². The second kappa shape index (κ2) is 22.0. The molecule has 0 spiro atoms. The molecule has 300 valence electrons. The van der Waals surface area contributed by atoms with Gasteiger partial charge in [0.1, 0.15) is 10.7 Å². The van der Waals surface area contributed by atoms with Crippen LogP contribution in [0.15, 0.2) is 35.7 Å². The Morgan fingerprint density at radius 2 is 1.78 bits per heavy atom. The summed E-state index contributed by atoms with van der Waals surface area (Å²) < 4.78 is 11.3. The summed E-state index contributed by atoms with van der Waals surface area (Å²) in [7, 11) is 3.56. The number of aromatic nitrogens is 1. The number of amides is 2. The van der Waals surface area contributed by atoms with Gasteiger partial charge in [-0.3, -0.25) is 28.9 Å². The minimum atomic E-state index is -0.945. The van der Waals surface area contributed by atoms with E-state index in [9.17, 15) is 29.1 Å². The summed E-state index contributed by atoms with van der Waals surface area (Å²) in [5.41, 5.74) is 1.09. The molecule has 2 heterocycles. The van der Waals surface area contributed by atoms with Crippen LogP contribution in [0.3, 0.4) is 0 Å². The number of carboxylic acid groups (broad SMARTS) is 1. The van der Waals surface area contributed by atoms with E-state index in [0.717, 1.165) is 37.8 Å². The number of nitrogens with one attached hydrogen (secondary N) is 1. The van der Waals surface area contributed by atoms with Gasteiger partial charge in [-0.25, -0.2) is 4.98 Å². The molecular weight excluding hydrogens is 709 g/mol. The van der Waals surface area contributed by atoms with Gasteiger partial charge in [0.15, 0.2) is 11.9 Å². The van der Waals surface area contributed by atoms with Gasteiger partial charge in [-0.2, -0.15) is 0 Å². The van der Waals surface area contributed by atoms with Crippen molar-refractivity contribution in [2.24, 2.45) is 23.7 Å². The fraction of sp³-hybridized carbons (Fsp3) is 0.659. The SMILES string of the molecule is CC[C@H](C)[C@H](CC(=O)[C@H]1CCCCN1C)C(=O)N(CCOC)[C@H](C[C@@H](OC(C)=O)c1nc(C(=O)N[C@@H](Cc2ccccc2)C[C@H](C)C(=O)O)cs1)C(C)C. The van der Waals surface area contributed by atoms with Crippen LogP contribution in [0.5, 0.6) is 0 Å². The Morgan fingerprint density at radius 1 is 1.07 bits per heavy atom. The molecule has 2 amide bonds. The first-order chi connectivity index (χ1) is 25.7. The first kappa shape index (κ1) is 44.7. The summed E-state index contributed by atoms with van der Waals surface area (Å²) in [6.45, 7) is 12.4. The predicted molar refractivity (Wildman–Crippen MR) is 209 cm³/mol. The van der Waals surface area contributed by atoms with Gasteiger partial charge in [0, 0.05) is 56.8 Å². The van der Waals surface area contributed by atoms with E-state index in [1.165, 1.54) is 18.3 Å². The molecule has 54 heavy (non-hydrogen) atoms. The lowest BCUT2D eigenvalue weighted by atomic mass is 9.82. The van der Waals surface area contributed by atoms with Crippen LogP contribution < -0.4 is 5.32 Å². The molecule has 1 fully saturated rings. The number of benzene rings is 1. The fourth-order valence-electron chi connectivity index (χ4n) is 7.29. The minimum Gasteiger partial charge on any atom is -0.481 e. The zero-order chi connectivity index (χ0) is 39.9. The molecule has 0 aliphatic carbocycles. The molecule has 2 aromatic rings. The second-order valence-electron chi connectivity index (χ2n) is 15.2. The van der Waals surface area contributed by atoms with E-state index >= 15 is 0 Å². The zero-order valence-corrected chi connectivity index (χ0v) is 34.2. The summed E-state index contributed by atoms with van der Waals surface area (Å²) in [4.78, 5) is 74.7. The van der Waals surface area contributed by atoms with E-state index < -0.39 is 47.9 Å². The van der Waals surface area contributed by atoms with Crippen molar-refractivity contribution in [2.75, 3.05) is 33.9 Å². The molecule has 3 rings (SSSR count). The number of rotatable bonds is 22. The third-order valence-electron chi connectivity index (χ3n) is 10.7. The van der Waals surface area contributed by atoms with Crippen LogP contribution >= 0.6 is 11.3 Å². The number of likely N-dealkylation sites (N-methyl/N-ethyl adjacent to an activating group) is 1. The highest BCUT2D eigenvalue weighted by atomic mass is 32.1. The highest BCUT2D eigenvalue weighted by Crippen LogP contribution is 2.33. The largest absolute Gasteiger partial charge is 0.481 e. The first-order valence-corrected chi connectivity index (χ1v) is 20.3. The molecular formula is C41H62N4O8S. The molecule has 1 aromatic heterocycles. The summed E-state index contributed by atoms with van der Waals surface area (Å²) in [5, 5.41) is 14.6. The Kier molecular flexibility index (Phi) is 18.2. The lowest BCUT2D eigenvalue weighted by Gasteiger charge is -2.39. The summed E-state index contributed by atoms with van der Waals surface area (Å²) in [6, 6.07) is 8.48. The van der Waals surface area contributed by atoms with Crippen molar-refractivity contribution in [3.63, 3.8) is 0 Å². The minimum absolute atomic E-state index is 0.0401. The predicted octanol–water partition coefficient (Wildman–Crippen LogP) is 6.19. The third kappa shape index (κ3) is 13.3. The van der Waals surface area contributed by atoms with Crippen LogP contribution in [0.2, 0.25) is 0 Å². The maximum Gasteiger partial charge on any atom is 0.306 e. The van der Waals surface area contributed by atoms with Crippen LogP contribution in [0, 0.1) is 23.7 Å². The van der Waals surface area contributed by atoms with E-state index in [1.54, 1.807) is 24.3 Å². The number of carbonyl (C=O) groups excluding carboxylic acids is 4. The van der Waals surface area contributed by atoms with E-state index in [4.69, 9.17) is 9.47 Å². The Hall–Kier alpha value is -3.68. The van der Waals surface area contributed by atoms with Crippen molar-refractivity contribution in [3.05, 3.63) is 52.0 Å². The summed E-state index contributed by atoms with van der Waals surface area (Å²) >= 11 is 1.19. The molecule has 0 bridgehead atoms. The lowest BCUT2D eigenvalue weighted by molar-refractivity contribution is -0.150. The molecule has 1 saturated heterocycles. The maximum absolute atomic E-state index is 14.7. The van der Waals surface area contributed by atoms with Gasteiger partial charge in [-0.1, -0.05) is 77.8 Å². The quantitative estimate of drug-likeness (QED) is 0.132. The average Bonchev–Trinajstić information content (AvgIpc) is 3.63. The van der Waals surface area contributed by atoms with E-state index in [2.05, 4.69) is 15.2 Å². The normalized spacial score (nSPS) is 18.2. The van der Waals surface area contributed by atoms with Gasteiger partial charge in [0.2, 0.25) is 5.91 Å². The number of nitrogens with zero attached hydrogens (tertiary/aromatic N) is 3. The van der Waals surface area contributed by atoms with Gasteiger partial charge in [-0.15, -0.1) is 11.3 Å². The van der Waals surface area contributed by atoms with Crippen LogP contribution in [0.1, 0.15) is 114 Å². The number of aliphatic carboxylic acids is 1. The molecule has 2 N–H and O–H groups in total. The van der Waals surface area contributed by atoms with E-state index in [-0.39, 0.29) is 61.1 Å². The lowest BCUT2D eigenvalue weighted by Crippen LogP contribution is -2.50. The Morgan fingerprint density at radius 3 is 2.37 bits per heavy atom. The number of hydrogen-bond donors (Lipinski definition) is 2. The molecule has 1 aromatic carbocycles. The molecule has 0 radical (unpaired) electrons. The smallest absolute Gasteiger partial charge is 0.306 e. The molecule has 12 nitrogen and oxygen atoms in total. The topological polar surface area (TPSA) is 155 Å². The number of carboxylic acids is 1. The number of piperidine rings is 1. The number of methoxy groups -OCH3 is 1. The monoisotopic (exact) mass is 770 g/mol. The number of carbonyl (C=O) groups is 5. The zero-order valence-electron chi connectivity index (χ0n) is 33.4. The molecule has 0 unspecified atom stereocenters. The number of thiazole rings is 1. The summed E-state index contributed by atoms with van der Waals surface area (Å²) in [6.07, 6.45) is 3.78. The standard InChI is InChI=1S/C41H62N4O8S/c1-9-27(4)32(23-36(47)34-17-13-14-18-44(34)7)40(49)45(19-20-52-8)35(26(2)3)24-37(53-29(6)46)39-43-33(25-54-39)38(48)42-31(21-28(5)41(50)51)22-30-15-11-10-12-16-30/h10-12,15-16,25-28,31-32,34-35,37H,9,13-14,17-24H2,1-8H3,(H,42,48)(H,50,51)/t27-,28-,31+,32-,34+,35+,37+/m0/s1. The number of ketones is 1. The fourth-order valence-corrected chi connectivity index (χ4v) is 8.13. The van der Waals surface area contributed by atoms with Gasteiger partial charge < -0.3 is 24.8 Å². The van der Waals surface area contributed by atoms with Gasteiger partial charge in [-0.05, 0) is 56.7 Å². The molecule has 7 atom stereocenters. The highest BCUT2D eigenvalue weighted by Gasteiger charge is 2.39. The highest BCUT2D eigenvalue weighted by molar-refractivity contribution is 7.09. The third-order valence-corrected chi connectivity index (χ3v) is 11.7. The second-order valence-corrected chi connectivity index (χ2v) is 16.1. The van der Waals surface area contributed by atoms with Crippen molar-refractivity contribution in [1.29, 1.82) is 0 Å². The van der Waals surface area contributed by atoms with Crippen molar-refractivity contribution < 1.29 is 38.6 Å². The molecule has 0 saturated carbocycles. The van der Waals surface area contributed by atoms with Crippen molar-refractivity contribution in [3.8, 4) is 0 Å². The van der Waals surface area contributed by atoms with Crippen LogP contribution in [-0.4, -0.2) is 101 Å². The Labute approximate surface area is 325 Å². The number of esters is 1. The van der Waals surface area contributed by atoms with Crippen molar-refractivity contribution in [2.45, 2.75) is 117 Å². The number of ether oxygens (including phenoxy) is 2. The van der Waals surface area contributed by atoms with Gasteiger partial charge >= 0.3 is 11.9 Å². The Bertz CT molecular complexity index is 1520. The van der Waals surface area contributed by atoms with Crippen molar-refractivity contribution in [1.82, 2.24) is 20.1 Å².